The molecule has 158 valence electrons. The average molecular weight is 428 g/mol. The van der Waals surface area contributed by atoms with Crippen molar-refractivity contribution < 1.29 is 9.59 Å². The van der Waals surface area contributed by atoms with E-state index in [0.717, 1.165) is 18.7 Å². The quantitative estimate of drug-likeness (QED) is 0.402. The van der Waals surface area contributed by atoms with Crippen LogP contribution < -0.4 is 5.73 Å². The second-order valence-corrected chi connectivity index (χ2v) is 8.56. The molecular formula is C22H26ClN5O2. The van der Waals surface area contributed by atoms with Gasteiger partial charge in [0.25, 0.3) is 5.91 Å². The molecule has 7 nitrogen and oxygen atoms in total. The van der Waals surface area contributed by atoms with Crippen molar-refractivity contribution >= 4 is 40.4 Å². The molecule has 4 rings (SSSR count). The summed E-state index contributed by atoms with van der Waals surface area (Å²) in [6.07, 6.45) is 5.89. The normalized spacial score (nSPS) is 19.0. The number of allylic oxidation sites excluding steroid dienone is 3. The van der Waals surface area contributed by atoms with Crippen LogP contribution in [0.25, 0.3) is 16.6 Å². The molecule has 1 amide bonds. The lowest BCUT2D eigenvalue weighted by Crippen LogP contribution is -2.34. The van der Waals surface area contributed by atoms with Gasteiger partial charge in [-0.1, -0.05) is 18.5 Å². The first kappa shape index (κ1) is 20.6. The molecule has 1 unspecified atom stereocenters. The van der Waals surface area contributed by atoms with Crippen molar-refractivity contribution in [3.05, 3.63) is 46.4 Å². The number of nitrogens with zero attached hydrogens (tertiary/aromatic N) is 3. The summed E-state index contributed by atoms with van der Waals surface area (Å²) in [6.45, 7) is 6.91. The number of carbonyl (C=O) groups is 2. The summed E-state index contributed by atoms with van der Waals surface area (Å²) in [7, 11) is 0. The van der Waals surface area contributed by atoms with E-state index < -0.39 is 0 Å². The fraction of sp³-hybridized carbons (Fsp3) is 0.409. The molecule has 1 fully saturated rings. The third kappa shape index (κ3) is 4.00. The standard InChI is InChI=1S/C22H26ClN5O2/c1-14(10-27-6-2-3-7-27)11-28-12-15-8-19-20(9-16(15)22(28)30)26-21(25-19)17(13-29)18(23)4-5-24/h4-5,8-9,13-14H,2-3,6-7,10-12,24H2,1H3,(H,25,26)/b5-4-,18-17-. The molecule has 3 heterocycles. The number of rotatable bonds is 7. The van der Waals surface area contributed by atoms with Crippen LogP contribution in [0.4, 0.5) is 0 Å². The summed E-state index contributed by atoms with van der Waals surface area (Å²) in [6, 6.07) is 3.74. The molecule has 0 spiro atoms. The highest BCUT2D eigenvalue weighted by Gasteiger charge is 2.30. The van der Waals surface area contributed by atoms with Gasteiger partial charge in [0.15, 0.2) is 6.29 Å². The minimum Gasteiger partial charge on any atom is -0.405 e. The van der Waals surface area contributed by atoms with Crippen LogP contribution in [0.15, 0.2) is 29.4 Å². The lowest BCUT2D eigenvalue weighted by atomic mass is 10.1. The van der Waals surface area contributed by atoms with Crippen molar-refractivity contribution in [2.75, 3.05) is 26.2 Å². The van der Waals surface area contributed by atoms with E-state index in [9.17, 15) is 9.59 Å². The molecule has 8 heteroatoms. The van der Waals surface area contributed by atoms with Crippen molar-refractivity contribution in [1.82, 2.24) is 19.8 Å². The fourth-order valence-electron chi connectivity index (χ4n) is 4.39. The Kier molecular flexibility index (Phi) is 5.92. The van der Waals surface area contributed by atoms with Crippen molar-refractivity contribution in [1.29, 1.82) is 0 Å². The van der Waals surface area contributed by atoms with Crippen molar-refractivity contribution in [3.63, 3.8) is 0 Å². The zero-order chi connectivity index (χ0) is 21.3. The van der Waals surface area contributed by atoms with Gasteiger partial charge in [-0.2, -0.15) is 0 Å². The number of nitrogens with two attached hydrogens (primary N) is 1. The Morgan fingerprint density at radius 2 is 2.10 bits per heavy atom. The number of likely N-dealkylation sites (tertiary alicyclic amines) is 1. The number of amides is 1. The van der Waals surface area contributed by atoms with Crippen molar-refractivity contribution in [2.45, 2.75) is 26.3 Å². The van der Waals surface area contributed by atoms with Crippen LogP contribution in [0.1, 0.15) is 41.5 Å². The number of hydrogen-bond acceptors (Lipinski definition) is 5. The smallest absolute Gasteiger partial charge is 0.254 e. The molecule has 1 saturated heterocycles. The summed E-state index contributed by atoms with van der Waals surface area (Å²) in [5.41, 5.74) is 8.63. The number of H-pyrrole nitrogens is 1. The van der Waals surface area contributed by atoms with Gasteiger partial charge in [-0.05, 0) is 61.8 Å². The minimum atomic E-state index is 0.0478. The lowest BCUT2D eigenvalue weighted by molar-refractivity contribution is -0.103. The lowest BCUT2D eigenvalue weighted by Gasteiger charge is -2.24. The highest BCUT2D eigenvalue weighted by atomic mass is 35.5. The Morgan fingerprint density at radius 1 is 1.33 bits per heavy atom. The van der Waals surface area contributed by atoms with E-state index in [1.807, 2.05) is 17.0 Å². The first-order valence-corrected chi connectivity index (χ1v) is 10.7. The Balaban J connectivity index is 1.54. The van der Waals surface area contributed by atoms with Crippen LogP contribution in [-0.4, -0.2) is 58.1 Å². The Labute approximate surface area is 180 Å². The second kappa shape index (κ2) is 8.62. The molecule has 3 N–H and O–H groups in total. The van der Waals surface area contributed by atoms with Gasteiger partial charge in [0.2, 0.25) is 0 Å². The predicted molar refractivity (Wildman–Crippen MR) is 118 cm³/mol. The summed E-state index contributed by atoms with van der Waals surface area (Å²) in [5.74, 6) is 0.830. The fourth-order valence-corrected chi connectivity index (χ4v) is 4.60. The van der Waals surface area contributed by atoms with E-state index in [1.165, 1.54) is 38.2 Å². The summed E-state index contributed by atoms with van der Waals surface area (Å²) in [4.78, 5) is 36.5. The highest BCUT2D eigenvalue weighted by molar-refractivity contribution is 6.38. The zero-order valence-electron chi connectivity index (χ0n) is 17.0. The van der Waals surface area contributed by atoms with Crippen LogP contribution in [-0.2, 0) is 11.3 Å². The molecule has 0 aliphatic carbocycles. The molecular weight excluding hydrogens is 402 g/mol. The van der Waals surface area contributed by atoms with E-state index >= 15 is 0 Å². The third-order valence-electron chi connectivity index (χ3n) is 5.76. The minimum absolute atomic E-state index is 0.0478. The topological polar surface area (TPSA) is 95.3 Å². The predicted octanol–water partition coefficient (Wildman–Crippen LogP) is 2.87. The maximum absolute atomic E-state index is 13.0. The number of hydrogen-bond donors (Lipinski definition) is 2. The maximum atomic E-state index is 13.0. The van der Waals surface area contributed by atoms with E-state index in [-0.39, 0.29) is 16.5 Å². The zero-order valence-corrected chi connectivity index (χ0v) is 17.8. The molecule has 0 saturated carbocycles. The van der Waals surface area contributed by atoms with Gasteiger partial charge in [-0.25, -0.2) is 4.98 Å². The SMILES string of the molecule is CC(CN1CCCC1)CN1Cc2cc3nc(/C(C=O)=C(Cl)/C=C\N)[nH]c3cc2C1=O. The van der Waals surface area contributed by atoms with E-state index in [2.05, 4.69) is 21.8 Å². The first-order chi connectivity index (χ1) is 14.5. The van der Waals surface area contributed by atoms with Gasteiger partial charge in [0.05, 0.1) is 21.6 Å². The largest absolute Gasteiger partial charge is 0.405 e. The number of fused-ring (bicyclic) bond motifs is 2. The number of nitrogens with one attached hydrogen (secondary N) is 1. The summed E-state index contributed by atoms with van der Waals surface area (Å²) < 4.78 is 0. The second-order valence-electron chi connectivity index (χ2n) is 8.15. The summed E-state index contributed by atoms with van der Waals surface area (Å²) >= 11 is 6.12. The van der Waals surface area contributed by atoms with Gasteiger partial charge in [-0.15, -0.1) is 0 Å². The molecule has 30 heavy (non-hydrogen) atoms. The number of aromatic nitrogens is 2. The highest BCUT2D eigenvalue weighted by Crippen LogP contribution is 2.29. The molecule has 1 aromatic carbocycles. The molecule has 1 aromatic heterocycles. The summed E-state index contributed by atoms with van der Waals surface area (Å²) in [5, 5.41) is 0.202. The maximum Gasteiger partial charge on any atom is 0.254 e. The van der Waals surface area contributed by atoms with Crippen LogP contribution in [0.5, 0.6) is 0 Å². The van der Waals surface area contributed by atoms with Crippen LogP contribution in [0.2, 0.25) is 0 Å². The van der Waals surface area contributed by atoms with Gasteiger partial charge in [0.1, 0.15) is 5.82 Å². The number of benzene rings is 1. The van der Waals surface area contributed by atoms with Crippen molar-refractivity contribution in [3.8, 4) is 0 Å². The molecule has 2 aliphatic rings. The van der Waals surface area contributed by atoms with Gasteiger partial charge >= 0.3 is 0 Å². The van der Waals surface area contributed by atoms with E-state index in [1.54, 1.807) is 0 Å². The Bertz CT molecular complexity index is 1040. The van der Waals surface area contributed by atoms with Crippen LogP contribution in [0.3, 0.4) is 0 Å². The number of carbonyl (C=O) groups excluding carboxylic acids is 2. The molecule has 0 bridgehead atoms. The molecule has 1 atom stereocenters. The Morgan fingerprint density at radius 3 is 2.80 bits per heavy atom. The monoisotopic (exact) mass is 427 g/mol. The third-order valence-corrected chi connectivity index (χ3v) is 6.09. The first-order valence-electron chi connectivity index (χ1n) is 10.3. The van der Waals surface area contributed by atoms with Gasteiger partial charge < -0.3 is 20.5 Å². The van der Waals surface area contributed by atoms with Crippen LogP contribution in [0, 0.1) is 5.92 Å². The van der Waals surface area contributed by atoms with E-state index in [0.29, 0.717) is 41.2 Å². The Hall–Kier alpha value is -2.64. The van der Waals surface area contributed by atoms with Crippen LogP contribution >= 0.6 is 11.6 Å². The average Bonchev–Trinajstić information content (AvgIpc) is 3.42. The van der Waals surface area contributed by atoms with Crippen molar-refractivity contribution in [2.24, 2.45) is 11.7 Å². The van der Waals surface area contributed by atoms with Gasteiger partial charge in [-0.3, -0.25) is 9.59 Å². The number of aldehydes is 1. The number of halogens is 1. The molecule has 0 radical (unpaired) electrons. The van der Waals surface area contributed by atoms with Gasteiger partial charge in [0, 0.05) is 25.2 Å². The molecule has 2 aliphatic heterocycles. The van der Waals surface area contributed by atoms with E-state index in [4.69, 9.17) is 17.3 Å². The molecule has 2 aromatic rings. The number of imidazole rings is 1. The number of aromatic amines is 1.